The van der Waals surface area contributed by atoms with Crippen LogP contribution in [0.2, 0.25) is 0 Å². The third kappa shape index (κ3) is 4.00. The molecular weight excluding hydrogens is 304 g/mol. The largest absolute Gasteiger partial charge is 0.491 e. The maximum Gasteiger partial charge on any atom is 0.122 e. The summed E-state index contributed by atoms with van der Waals surface area (Å²) in [5.74, 6) is 1.43. The lowest BCUT2D eigenvalue weighted by molar-refractivity contribution is 0.0624. The van der Waals surface area contributed by atoms with Crippen LogP contribution >= 0.6 is 0 Å². The Bertz CT molecular complexity index is 836. The molecule has 0 aliphatic carbocycles. The maximum absolute atomic E-state index is 10.1. The normalized spacial score (nSPS) is 12.1. The molecule has 0 radical (unpaired) electrons. The summed E-state index contributed by atoms with van der Waals surface area (Å²) in [6.07, 6.45) is 2.57. The molecule has 3 aromatic rings. The molecule has 124 valence electrons. The molecule has 5 heteroatoms. The lowest BCUT2D eigenvalue weighted by Crippen LogP contribution is -2.25. The van der Waals surface area contributed by atoms with Crippen LogP contribution in [0.25, 0.3) is 11.0 Å². The van der Waals surface area contributed by atoms with Gasteiger partial charge in [0.25, 0.3) is 0 Å². The van der Waals surface area contributed by atoms with E-state index in [2.05, 4.69) is 9.97 Å². The molecule has 0 saturated heterocycles. The average molecular weight is 324 g/mol. The molecule has 0 fully saturated rings. The summed E-state index contributed by atoms with van der Waals surface area (Å²) < 4.78 is 11.3. The van der Waals surface area contributed by atoms with Gasteiger partial charge >= 0.3 is 0 Å². The summed E-state index contributed by atoms with van der Waals surface area (Å²) in [5.41, 5.74) is 3.74. The minimum absolute atomic E-state index is 0.149. The van der Waals surface area contributed by atoms with Crippen molar-refractivity contribution in [1.82, 2.24) is 9.97 Å². The highest BCUT2D eigenvalue weighted by atomic mass is 16.5. The number of aliphatic hydroxyl groups is 1. The molecule has 1 unspecified atom stereocenters. The minimum atomic E-state index is -0.720. The van der Waals surface area contributed by atoms with E-state index in [4.69, 9.17) is 9.47 Å². The summed E-state index contributed by atoms with van der Waals surface area (Å²) in [6.45, 7) is 4.32. The molecular formula is C19H20N2O3. The number of hydrogen-bond acceptors (Lipinski definition) is 5. The molecule has 1 heterocycles. The maximum atomic E-state index is 10.1. The topological polar surface area (TPSA) is 64.5 Å². The second-order valence-corrected chi connectivity index (χ2v) is 5.75. The smallest absolute Gasteiger partial charge is 0.122 e. The monoisotopic (exact) mass is 324 g/mol. The Hall–Kier alpha value is -2.66. The number of aryl methyl sites for hydroxylation is 2. The van der Waals surface area contributed by atoms with Gasteiger partial charge in [-0.05, 0) is 43.2 Å². The highest BCUT2D eigenvalue weighted by Gasteiger charge is 2.09. The SMILES string of the molecule is Cc1ccc(C)c(OCC(O)COc2ccc3nccnc3c2)c1. The zero-order valence-corrected chi connectivity index (χ0v) is 13.8. The van der Waals surface area contributed by atoms with Gasteiger partial charge < -0.3 is 14.6 Å². The number of fused-ring (bicyclic) bond motifs is 1. The second-order valence-electron chi connectivity index (χ2n) is 5.75. The molecule has 24 heavy (non-hydrogen) atoms. The quantitative estimate of drug-likeness (QED) is 0.755. The Balaban J connectivity index is 1.54. The van der Waals surface area contributed by atoms with Crippen LogP contribution in [-0.4, -0.2) is 34.4 Å². The second kappa shape index (κ2) is 7.27. The Kier molecular flexibility index (Phi) is 4.91. The van der Waals surface area contributed by atoms with Crippen LogP contribution in [0.3, 0.4) is 0 Å². The van der Waals surface area contributed by atoms with Gasteiger partial charge in [0.15, 0.2) is 0 Å². The first-order chi connectivity index (χ1) is 11.6. The van der Waals surface area contributed by atoms with Crippen molar-refractivity contribution >= 4 is 11.0 Å². The lowest BCUT2D eigenvalue weighted by atomic mass is 10.1. The third-order valence-corrected chi connectivity index (χ3v) is 3.66. The van der Waals surface area contributed by atoms with Crippen molar-refractivity contribution in [3.8, 4) is 11.5 Å². The molecule has 1 N–H and O–H groups in total. The number of rotatable bonds is 6. The number of nitrogens with zero attached hydrogens (tertiary/aromatic N) is 2. The zero-order valence-electron chi connectivity index (χ0n) is 13.8. The van der Waals surface area contributed by atoms with E-state index in [1.807, 2.05) is 44.2 Å². The first-order valence-electron chi connectivity index (χ1n) is 7.83. The van der Waals surface area contributed by atoms with Crippen LogP contribution in [-0.2, 0) is 0 Å². The molecule has 0 saturated carbocycles. The van der Waals surface area contributed by atoms with Crippen molar-refractivity contribution in [1.29, 1.82) is 0 Å². The Morgan fingerprint density at radius 3 is 2.50 bits per heavy atom. The summed E-state index contributed by atoms with van der Waals surface area (Å²) >= 11 is 0. The lowest BCUT2D eigenvalue weighted by Gasteiger charge is -2.15. The molecule has 0 bridgehead atoms. The van der Waals surface area contributed by atoms with Crippen molar-refractivity contribution in [2.45, 2.75) is 20.0 Å². The predicted molar refractivity (Wildman–Crippen MR) is 92.5 cm³/mol. The number of aliphatic hydroxyl groups excluding tert-OH is 1. The molecule has 0 amide bonds. The zero-order chi connectivity index (χ0) is 16.9. The fourth-order valence-corrected chi connectivity index (χ4v) is 2.32. The van der Waals surface area contributed by atoms with Gasteiger partial charge in [0.05, 0.1) is 11.0 Å². The van der Waals surface area contributed by atoms with Gasteiger partial charge in [-0.3, -0.25) is 9.97 Å². The van der Waals surface area contributed by atoms with Gasteiger partial charge in [0.1, 0.15) is 30.8 Å². The van der Waals surface area contributed by atoms with Crippen LogP contribution in [0, 0.1) is 13.8 Å². The fraction of sp³-hybridized carbons (Fsp3) is 0.263. The van der Waals surface area contributed by atoms with Crippen LogP contribution in [0.15, 0.2) is 48.8 Å². The van der Waals surface area contributed by atoms with Crippen LogP contribution < -0.4 is 9.47 Å². The first-order valence-corrected chi connectivity index (χ1v) is 7.83. The van der Waals surface area contributed by atoms with E-state index in [-0.39, 0.29) is 13.2 Å². The van der Waals surface area contributed by atoms with Crippen molar-refractivity contribution < 1.29 is 14.6 Å². The number of aromatic nitrogens is 2. The number of hydrogen-bond donors (Lipinski definition) is 1. The van der Waals surface area contributed by atoms with E-state index in [0.29, 0.717) is 5.75 Å². The van der Waals surface area contributed by atoms with E-state index in [9.17, 15) is 5.11 Å². The first kappa shape index (κ1) is 16.2. The highest BCUT2D eigenvalue weighted by Crippen LogP contribution is 2.20. The number of benzene rings is 2. The summed E-state index contributed by atoms with van der Waals surface area (Å²) in [7, 11) is 0. The van der Waals surface area contributed by atoms with Crippen LogP contribution in [0.5, 0.6) is 11.5 Å². The molecule has 5 nitrogen and oxygen atoms in total. The van der Waals surface area contributed by atoms with Crippen molar-refractivity contribution in [3.63, 3.8) is 0 Å². The van der Waals surface area contributed by atoms with E-state index in [1.165, 1.54) is 0 Å². The summed E-state index contributed by atoms with van der Waals surface area (Å²) in [4.78, 5) is 8.44. The molecule has 0 spiro atoms. The predicted octanol–water partition coefficient (Wildman–Crippen LogP) is 3.07. The highest BCUT2D eigenvalue weighted by molar-refractivity contribution is 5.75. The molecule has 3 rings (SSSR count). The Morgan fingerprint density at radius 1 is 0.917 bits per heavy atom. The van der Waals surface area contributed by atoms with Crippen LogP contribution in [0.1, 0.15) is 11.1 Å². The van der Waals surface area contributed by atoms with Crippen molar-refractivity contribution in [3.05, 3.63) is 59.9 Å². The van der Waals surface area contributed by atoms with Gasteiger partial charge in [-0.2, -0.15) is 0 Å². The Labute approximate surface area is 140 Å². The van der Waals surface area contributed by atoms with Gasteiger partial charge in [-0.25, -0.2) is 0 Å². The summed E-state index contributed by atoms with van der Waals surface area (Å²) in [6, 6.07) is 11.5. The van der Waals surface area contributed by atoms with E-state index in [1.54, 1.807) is 18.5 Å². The van der Waals surface area contributed by atoms with Gasteiger partial charge in [-0.15, -0.1) is 0 Å². The third-order valence-electron chi connectivity index (χ3n) is 3.66. The van der Waals surface area contributed by atoms with Crippen molar-refractivity contribution in [2.75, 3.05) is 13.2 Å². The Morgan fingerprint density at radius 2 is 1.67 bits per heavy atom. The van der Waals surface area contributed by atoms with E-state index >= 15 is 0 Å². The minimum Gasteiger partial charge on any atom is -0.491 e. The fourth-order valence-electron chi connectivity index (χ4n) is 2.32. The molecule has 0 aliphatic rings. The van der Waals surface area contributed by atoms with E-state index in [0.717, 1.165) is 27.9 Å². The van der Waals surface area contributed by atoms with Crippen LogP contribution in [0.4, 0.5) is 0 Å². The standard InChI is InChI=1S/C19H20N2O3/c1-13-3-4-14(2)19(9-13)24-12-15(22)11-23-16-5-6-17-18(10-16)21-8-7-20-17/h3-10,15,22H,11-12H2,1-2H3. The van der Waals surface area contributed by atoms with Gasteiger partial charge in [0, 0.05) is 18.5 Å². The van der Waals surface area contributed by atoms with Crippen molar-refractivity contribution in [2.24, 2.45) is 0 Å². The number of ether oxygens (including phenoxy) is 2. The molecule has 0 aliphatic heterocycles. The van der Waals surface area contributed by atoms with Gasteiger partial charge in [0.2, 0.25) is 0 Å². The van der Waals surface area contributed by atoms with E-state index < -0.39 is 6.10 Å². The molecule has 1 aromatic heterocycles. The molecule has 1 atom stereocenters. The average Bonchev–Trinajstić information content (AvgIpc) is 2.60. The summed E-state index contributed by atoms with van der Waals surface area (Å²) in [5, 5.41) is 10.1. The molecule has 2 aromatic carbocycles. The van der Waals surface area contributed by atoms with Gasteiger partial charge in [-0.1, -0.05) is 12.1 Å².